The monoisotopic (exact) mass is 343 g/mol. The first-order valence-corrected chi connectivity index (χ1v) is 8.75. The van der Waals surface area contributed by atoms with Crippen LogP contribution < -0.4 is 4.90 Å². The van der Waals surface area contributed by atoms with Crippen LogP contribution >= 0.6 is 0 Å². The Morgan fingerprint density at radius 2 is 2.08 bits per heavy atom. The third-order valence-electron chi connectivity index (χ3n) is 4.35. The minimum atomic E-state index is 0.0444. The van der Waals surface area contributed by atoms with Crippen molar-refractivity contribution in [2.24, 2.45) is 0 Å². The lowest BCUT2D eigenvalue weighted by molar-refractivity contribution is 0.0728. The van der Waals surface area contributed by atoms with Crippen molar-refractivity contribution in [3.05, 3.63) is 42.0 Å². The molecule has 2 aromatic heterocycles. The number of ether oxygens (including phenoxy) is 1. The molecule has 1 aliphatic rings. The van der Waals surface area contributed by atoms with Crippen molar-refractivity contribution >= 4 is 11.6 Å². The third kappa shape index (κ3) is 4.17. The Hall–Kier alpha value is -2.41. The lowest BCUT2D eigenvalue weighted by Crippen LogP contribution is -2.49. The quantitative estimate of drug-likeness (QED) is 0.745. The van der Waals surface area contributed by atoms with Crippen LogP contribution in [0.15, 0.2) is 30.6 Å². The van der Waals surface area contributed by atoms with Gasteiger partial charge in [0.05, 0.1) is 30.7 Å². The van der Waals surface area contributed by atoms with Crippen LogP contribution in [-0.4, -0.2) is 65.0 Å². The van der Waals surface area contributed by atoms with Crippen molar-refractivity contribution in [3.8, 4) is 0 Å². The maximum Gasteiger partial charge on any atom is 0.272 e. The second-order valence-electron chi connectivity index (χ2n) is 6.08. The Bertz CT molecular complexity index is 693. The van der Waals surface area contributed by atoms with E-state index < -0.39 is 0 Å². The number of hydrogen-bond acceptors (Lipinski definition) is 5. The zero-order valence-electron chi connectivity index (χ0n) is 14.9. The van der Waals surface area contributed by atoms with Crippen molar-refractivity contribution in [3.63, 3.8) is 0 Å². The molecule has 1 saturated heterocycles. The first-order valence-electron chi connectivity index (χ1n) is 8.75. The summed E-state index contributed by atoms with van der Waals surface area (Å²) in [4.78, 5) is 21.2. The summed E-state index contributed by atoms with van der Waals surface area (Å²) in [5.74, 6) is 0.0444. The smallest absolute Gasteiger partial charge is 0.272 e. The van der Waals surface area contributed by atoms with E-state index in [1.54, 1.807) is 10.9 Å². The number of carbonyl (C=O) groups is 1. The van der Waals surface area contributed by atoms with Gasteiger partial charge in [-0.2, -0.15) is 5.10 Å². The Morgan fingerprint density at radius 1 is 1.28 bits per heavy atom. The first-order chi connectivity index (χ1) is 12.2. The topological polar surface area (TPSA) is 63.5 Å². The Morgan fingerprint density at radius 3 is 2.76 bits per heavy atom. The van der Waals surface area contributed by atoms with E-state index in [2.05, 4.69) is 21.0 Å². The number of nitrogens with zero attached hydrogens (tertiary/aromatic N) is 5. The van der Waals surface area contributed by atoms with Crippen molar-refractivity contribution in [1.82, 2.24) is 19.7 Å². The molecule has 0 aromatic carbocycles. The molecule has 1 fully saturated rings. The van der Waals surface area contributed by atoms with Gasteiger partial charge in [-0.1, -0.05) is 0 Å². The number of piperazine rings is 1. The van der Waals surface area contributed by atoms with Crippen LogP contribution in [0.1, 0.15) is 23.1 Å². The molecule has 7 nitrogen and oxygen atoms in total. The molecule has 3 heterocycles. The second kappa shape index (κ2) is 8.11. The van der Waals surface area contributed by atoms with Crippen molar-refractivity contribution < 1.29 is 9.53 Å². The molecule has 2 aromatic rings. The first kappa shape index (κ1) is 17.4. The number of pyridine rings is 1. The standard InChI is InChI=1S/C18H25N5O2/c1-3-25-12-11-23-17(13-15(2)20-23)18(24)22-9-7-21(8-10-22)16-5-4-6-19-14-16/h4-6,13-14H,3,7-12H2,1-2H3. The summed E-state index contributed by atoms with van der Waals surface area (Å²) in [5, 5.41) is 4.43. The summed E-state index contributed by atoms with van der Waals surface area (Å²) < 4.78 is 7.16. The van der Waals surface area contributed by atoms with Crippen molar-refractivity contribution in [2.45, 2.75) is 20.4 Å². The van der Waals surface area contributed by atoms with Gasteiger partial charge in [0.1, 0.15) is 5.69 Å². The van der Waals surface area contributed by atoms with E-state index in [-0.39, 0.29) is 5.91 Å². The number of aryl methyl sites for hydroxylation is 1. The molecule has 0 N–H and O–H groups in total. The van der Waals surface area contributed by atoms with Crippen LogP contribution in [0.2, 0.25) is 0 Å². The van der Waals surface area contributed by atoms with E-state index in [1.165, 1.54) is 0 Å². The maximum absolute atomic E-state index is 12.9. The number of rotatable bonds is 6. The highest BCUT2D eigenvalue weighted by Gasteiger charge is 2.25. The lowest BCUT2D eigenvalue weighted by atomic mass is 10.2. The van der Waals surface area contributed by atoms with Gasteiger partial charge in [0.25, 0.3) is 5.91 Å². The summed E-state index contributed by atoms with van der Waals surface area (Å²) >= 11 is 0. The Kier molecular flexibility index (Phi) is 5.65. The van der Waals surface area contributed by atoms with Gasteiger partial charge in [-0.3, -0.25) is 14.5 Å². The van der Waals surface area contributed by atoms with E-state index in [0.717, 1.165) is 24.5 Å². The SMILES string of the molecule is CCOCCn1nc(C)cc1C(=O)N1CCN(c2cccnc2)CC1. The van der Waals surface area contributed by atoms with Crippen LogP contribution in [0.3, 0.4) is 0 Å². The highest BCUT2D eigenvalue weighted by atomic mass is 16.5. The van der Waals surface area contributed by atoms with Crippen molar-refractivity contribution in [1.29, 1.82) is 0 Å². The highest BCUT2D eigenvalue weighted by Crippen LogP contribution is 2.16. The van der Waals surface area contributed by atoms with Gasteiger partial charge in [-0.25, -0.2) is 0 Å². The van der Waals surface area contributed by atoms with Gasteiger partial charge in [-0.15, -0.1) is 0 Å². The fourth-order valence-electron chi connectivity index (χ4n) is 3.05. The minimum Gasteiger partial charge on any atom is -0.380 e. The van der Waals surface area contributed by atoms with Crippen LogP contribution in [0, 0.1) is 6.92 Å². The number of aromatic nitrogens is 3. The maximum atomic E-state index is 12.9. The molecule has 1 amide bonds. The second-order valence-corrected chi connectivity index (χ2v) is 6.08. The largest absolute Gasteiger partial charge is 0.380 e. The van der Waals surface area contributed by atoms with Gasteiger partial charge >= 0.3 is 0 Å². The van der Waals surface area contributed by atoms with Gasteiger partial charge in [0.2, 0.25) is 0 Å². The zero-order chi connectivity index (χ0) is 17.6. The molecule has 3 rings (SSSR count). The summed E-state index contributed by atoms with van der Waals surface area (Å²) in [6.45, 7) is 8.71. The highest BCUT2D eigenvalue weighted by molar-refractivity contribution is 5.93. The molecule has 0 saturated carbocycles. The molecule has 0 radical (unpaired) electrons. The van der Waals surface area contributed by atoms with Crippen LogP contribution in [0.4, 0.5) is 5.69 Å². The molecule has 1 aliphatic heterocycles. The van der Waals surface area contributed by atoms with E-state index in [1.807, 2.05) is 37.1 Å². The Labute approximate surface area is 148 Å². The average Bonchev–Trinajstić information content (AvgIpc) is 3.03. The van der Waals surface area contributed by atoms with E-state index in [4.69, 9.17) is 4.74 Å². The molecular weight excluding hydrogens is 318 g/mol. The van der Waals surface area contributed by atoms with Gasteiger partial charge in [0.15, 0.2) is 0 Å². The van der Waals surface area contributed by atoms with Gasteiger partial charge in [-0.05, 0) is 32.0 Å². The lowest BCUT2D eigenvalue weighted by Gasteiger charge is -2.35. The van der Waals surface area contributed by atoms with Crippen LogP contribution in [0.5, 0.6) is 0 Å². The molecule has 0 unspecified atom stereocenters. The summed E-state index contributed by atoms with van der Waals surface area (Å²) in [6.07, 6.45) is 3.64. The molecule has 0 aliphatic carbocycles. The van der Waals surface area contributed by atoms with Gasteiger partial charge < -0.3 is 14.5 Å². The average molecular weight is 343 g/mol. The summed E-state index contributed by atoms with van der Waals surface area (Å²) in [5.41, 5.74) is 2.60. The van der Waals surface area contributed by atoms with Crippen LogP contribution in [0.25, 0.3) is 0 Å². The number of anilines is 1. The normalized spacial score (nSPS) is 14.8. The molecule has 25 heavy (non-hydrogen) atoms. The molecule has 7 heteroatoms. The molecule has 0 atom stereocenters. The third-order valence-corrected chi connectivity index (χ3v) is 4.35. The van der Waals surface area contributed by atoms with E-state index >= 15 is 0 Å². The van der Waals surface area contributed by atoms with E-state index in [0.29, 0.717) is 38.5 Å². The Balaban J connectivity index is 1.63. The molecule has 134 valence electrons. The molecule has 0 bridgehead atoms. The van der Waals surface area contributed by atoms with Gasteiger partial charge in [0, 0.05) is 39.0 Å². The number of carbonyl (C=O) groups excluding carboxylic acids is 1. The zero-order valence-corrected chi connectivity index (χ0v) is 14.9. The molecule has 0 spiro atoms. The number of hydrogen-bond donors (Lipinski definition) is 0. The predicted molar refractivity (Wildman–Crippen MR) is 95.8 cm³/mol. The summed E-state index contributed by atoms with van der Waals surface area (Å²) in [6, 6.07) is 5.85. The summed E-state index contributed by atoms with van der Waals surface area (Å²) in [7, 11) is 0. The predicted octanol–water partition coefficient (Wildman–Crippen LogP) is 1.59. The van der Waals surface area contributed by atoms with Crippen LogP contribution in [-0.2, 0) is 11.3 Å². The molecular formula is C18H25N5O2. The van der Waals surface area contributed by atoms with Crippen molar-refractivity contribution in [2.75, 3.05) is 44.3 Å². The number of amides is 1. The fourth-order valence-corrected chi connectivity index (χ4v) is 3.05. The minimum absolute atomic E-state index is 0.0444. The fraction of sp³-hybridized carbons (Fsp3) is 0.500. The van der Waals surface area contributed by atoms with E-state index in [9.17, 15) is 4.79 Å².